The van der Waals surface area contributed by atoms with Gasteiger partial charge in [0.15, 0.2) is 0 Å². The molecule has 0 saturated carbocycles. The number of carbonyl (C=O) groups excluding carboxylic acids is 4. The number of rotatable bonds is 10. The number of likely N-dealkylation sites (tertiary alicyclic amines) is 2. The highest BCUT2D eigenvalue weighted by Gasteiger charge is 2.39. The molecule has 3 aliphatic heterocycles. The fourth-order valence-electron chi connectivity index (χ4n) is 9.22. The Labute approximate surface area is 364 Å². The van der Waals surface area contributed by atoms with Gasteiger partial charge in [-0.3, -0.25) is 9.59 Å². The van der Waals surface area contributed by atoms with Crippen molar-refractivity contribution in [2.45, 2.75) is 70.3 Å². The number of fused-ring (bicyclic) bond motifs is 5. The normalized spacial score (nSPS) is 17.7. The van der Waals surface area contributed by atoms with Gasteiger partial charge in [-0.15, -0.1) is 0 Å². The van der Waals surface area contributed by atoms with Gasteiger partial charge in [0.1, 0.15) is 36.1 Å². The van der Waals surface area contributed by atoms with E-state index in [-0.39, 0.29) is 29.8 Å². The molecule has 2 aromatic heterocycles. The summed E-state index contributed by atoms with van der Waals surface area (Å²) in [4.78, 5) is 72.0. The lowest BCUT2D eigenvalue weighted by Gasteiger charge is -2.30. The number of nitrogens with one attached hydrogen (secondary N) is 4. The first kappa shape index (κ1) is 41.2. The Morgan fingerprint density at radius 2 is 1.33 bits per heavy atom. The van der Waals surface area contributed by atoms with Crippen molar-refractivity contribution in [3.63, 3.8) is 0 Å². The Kier molecular flexibility index (Phi) is 11.3. The standard InChI is InChI=1S/C48H50N8O7/c1-27(2)40(53-47(59)61-3)45(57)55-20-8-12-38(55)43-49-24-36(51-43)30-16-18-34-29(22-30)14-19-35-33-17-15-31(23-32(33)26-63-42(34)35)37-25-50-44(52-37)39-13-9-21-56(39)46(58)41(54-48(60)62-4)28-10-6-5-7-11-28/h5-7,10-11,14-19,22-25,27,38-41H,8-9,12-13,20-21,26H2,1-4H3,(H,49,51)(H,50,52)(H,53,59)(H,54,60)/t38-,39-,40?,41+/m0/s1. The molecule has 0 aliphatic carbocycles. The van der Waals surface area contributed by atoms with E-state index in [1.54, 1.807) is 11.1 Å². The minimum Gasteiger partial charge on any atom is -0.488 e. The fraction of sp³-hybridized carbons (Fsp3) is 0.333. The number of amides is 4. The van der Waals surface area contributed by atoms with Gasteiger partial charge >= 0.3 is 12.2 Å². The smallest absolute Gasteiger partial charge is 0.407 e. The predicted octanol–water partition coefficient (Wildman–Crippen LogP) is 7.98. The summed E-state index contributed by atoms with van der Waals surface area (Å²) in [6.07, 6.45) is 5.47. The van der Waals surface area contributed by atoms with Gasteiger partial charge in [0.2, 0.25) is 5.91 Å². The molecule has 4 amide bonds. The number of nitrogens with zero attached hydrogens (tertiary/aromatic N) is 4. The number of benzene rings is 4. The molecule has 15 heteroatoms. The Balaban J connectivity index is 0.913. The van der Waals surface area contributed by atoms with Crippen LogP contribution < -0.4 is 15.4 Å². The molecule has 2 saturated heterocycles. The van der Waals surface area contributed by atoms with Crippen molar-refractivity contribution in [3.8, 4) is 39.4 Å². The molecule has 2 fully saturated rings. The number of alkyl carbamates (subject to hydrolysis) is 2. The third-order valence-corrected chi connectivity index (χ3v) is 12.5. The molecule has 9 rings (SSSR count). The van der Waals surface area contributed by atoms with Crippen molar-refractivity contribution < 1.29 is 33.4 Å². The molecule has 4 aromatic carbocycles. The van der Waals surface area contributed by atoms with Crippen molar-refractivity contribution in [1.82, 2.24) is 40.4 Å². The minimum atomic E-state index is -0.891. The average Bonchev–Trinajstić information content (AvgIpc) is 4.16. The second-order valence-electron chi connectivity index (χ2n) is 16.6. The highest BCUT2D eigenvalue weighted by molar-refractivity contribution is 5.98. The summed E-state index contributed by atoms with van der Waals surface area (Å²) in [7, 11) is 2.57. The summed E-state index contributed by atoms with van der Waals surface area (Å²) in [5.74, 6) is 1.75. The van der Waals surface area contributed by atoms with E-state index in [4.69, 9.17) is 24.2 Å². The quantitative estimate of drug-likeness (QED) is 0.106. The maximum Gasteiger partial charge on any atom is 0.407 e. The maximum absolute atomic E-state index is 14.0. The maximum atomic E-state index is 14.0. The van der Waals surface area contributed by atoms with Gasteiger partial charge in [-0.2, -0.15) is 0 Å². The van der Waals surface area contributed by atoms with Crippen LogP contribution in [0, 0.1) is 5.92 Å². The highest BCUT2D eigenvalue weighted by atomic mass is 16.5. The Morgan fingerprint density at radius 3 is 1.98 bits per heavy atom. The summed E-state index contributed by atoms with van der Waals surface area (Å²) in [6.45, 7) is 5.32. The number of aromatic amines is 2. The van der Waals surface area contributed by atoms with Gasteiger partial charge in [-0.05, 0) is 77.4 Å². The van der Waals surface area contributed by atoms with Gasteiger partial charge in [0.05, 0.1) is 50.1 Å². The molecule has 4 N–H and O–H groups in total. The summed E-state index contributed by atoms with van der Waals surface area (Å²) in [5, 5.41) is 7.45. The van der Waals surface area contributed by atoms with Gasteiger partial charge in [-0.25, -0.2) is 19.6 Å². The molecule has 0 radical (unpaired) electrons. The van der Waals surface area contributed by atoms with Crippen molar-refractivity contribution in [2.75, 3.05) is 27.3 Å². The molecule has 15 nitrogen and oxygen atoms in total. The Bertz CT molecular complexity index is 2690. The van der Waals surface area contributed by atoms with Crippen molar-refractivity contribution in [1.29, 1.82) is 0 Å². The highest BCUT2D eigenvalue weighted by Crippen LogP contribution is 2.44. The van der Waals surface area contributed by atoms with Crippen LogP contribution in [0.3, 0.4) is 0 Å². The van der Waals surface area contributed by atoms with Gasteiger partial charge < -0.3 is 44.6 Å². The number of hydrogen-bond donors (Lipinski definition) is 4. The molecule has 63 heavy (non-hydrogen) atoms. The zero-order valence-electron chi connectivity index (χ0n) is 35.6. The number of ether oxygens (including phenoxy) is 3. The van der Waals surface area contributed by atoms with Crippen LogP contribution in [0.25, 0.3) is 44.4 Å². The van der Waals surface area contributed by atoms with Crippen LogP contribution in [0.15, 0.2) is 91.3 Å². The molecule has 0 spiro atoms. The molecule has 324 valence electrons. The first-order chi connectivity index (χ1) is 30.6. The van der Waals surface area contributed by atoms with Crippen LogP contribution in [-0.2, 0) is 25.7 Å². The van der Waals surface area contributed by atoms with Gasteiger partial charge in [0.25, 0.3) is 5.91 Å². The number of methoxy groups -OCH3 is 2. The second-order valence-corrected chi connectivity index (χ2v) is 16.6. The molecule has 4 atom stereocenters. The molecule has 3 aliphatic rings. The molecule has 0 bridgehead atoms. The van der Waals surface area contributed by atoms with Crippen molar-refractivity contribution in [3.05, 3.63) is 114 Å². The van der Waals surface area contributed by atoms with E-state index in [1.807, 2.05) is 55.3 Å². The summed E-state index contributed by atoms with van der Waals surface area (Å²) in [6, 6.07) is 23.9. The van der Waals surface area contributed by atoms with Crippen LogP contribution in [-0.4, -0.2) is 87.1 Å². The summed E-state index contributed by atoms with van der Waals surface area (Å²) >= 11 is 0. The number of H-pyrrole nitrogens is 2. The molecule has 5 heterocycles. The molecule has 6 aromatic rings. The summed E-state index contributed by atoms with van der Waals surface area (Å²) in [5.41, 5.74) is 7.43. The molecular formula is C48H50N8O7. The minimum absolute atomic E-state index is 0.117. The SMILES string of the molecule is COC(=O)NC(C(=O)N1CCC[C@H]1c1ncc(-c2ccc3c4c(ccc3c2)-c2ccc(-c3cnc([C@@H]5CCCN5C(=O)[C@H](NC(=O)OC)c5ccccc5)[nH]3)cc2CO4)[nH]1)C(C)C. The number of carbonyl (C=O) groups is 4. The predicted molar refractivity (Wildman–Crippen MR) is 235 cm³/mol. The van der Waals surface area contributed by atoms with E-state index in [9.17, 15) is 19.2 Å². The topological polar surface area (TPSA) is 184 Å². The van der Waals surface area contributed by atoms with E-state index in [0.29, 0.717) is 36.9 Å². The van der Waals surface area contributed by atoms with Gasteiger partial charge in [-0.1, -0.05) is 74.5 Å². The zero-order chi connectivity index (χ0) is 43.8. The lowest BCUT2D eigenvalue weighted by Crippen LogP contribution is -2.51. The largest absolute Gasteiger partial charge is 0.488 e. The van der Waals surface area contributed by atoms with Crippen LogP contribution >= 0.6 is 0 Å². The zero-order valence-corrected chi connectivity index (χ0v) is 35.6. The lowest BCUT2D eigenvalue weighted by atomic mass is 9.92. The molecule has 1 unspecified atom stereocenters. The van der Waals surface area contributed by atoms with Crippen molar-refractivity contribution >= 4 is 34.8 Å². The third-order valence-electron chi connectivity index (χ3n) is 12.5. The lowest BCUT2D eigenvalue weighted by molar-refractivity contribution is -0.135. The van der Waals surface area contributed by atoms with E-state index in [2.05, 4.69) is 69.1 Å². The third kappa shape index (κ3) is 7.94. The fourth-order valence-corrected chi connectivity index (χ4v) is 9.22. The number of aromatic nitrogens is 4. The first-order valence-electron chi connectivity index (χ1n) is 21.4. The summed E-state index contributed by atoms with van der Waals surface area (Å²) < 4.78 is 16.1. The molecular weight excluding hydrogens is 801 g/mol. The van der Waals surface area contributed by atoms with Crippen LogP contribution in [0.4, 0.5) is 9.59 Å². The average molecular weight is 851 g/mol. The second kappa shape index (κ2) is 17.3. The van der Waals surface area contributed by atoms with E-state index < -0.39 is 24.3 Å². The van der Waals surface area contributed by atoms with E-state index >= 15 is 0 Å². The van der Waals surface area contributed by atoms with Crippen LogP contribution in [0.1, 0.15) is 80.4 Å². The van der Waals surface area contributed by atoms with Crippen LogP contribution in [0.5, 0.6) is 5.75 Å². The number of imidazole rings is 2. The monoisotopic (exact) mass is 850 g/mol. The van der Waals surface area contributed by atoms with E-state index in [1.165, 1.54) is 14.2 Å². The van der Waals surface area contributed by atoms with Crippen molar-refractivity contribution in [2.24, 2.45) is 5.92 Å². The Morgan fingerprint density at radius 1 is 0.730 bits per heavy atom. The van der Waals surface area contributed by atoms with E-state index in [0.717, 1.165) is 81.4 Å². The number of hydrogen-bond acceptors (Lipinski definition) is 9. The van der Waals surface area contributed by atoms with Gasteiger partial charge in [0, 0.05) is 29.6 Å². The van der Waals surface area contributed by atoms with Crippen LogP contribution in [0.2, 0.25) is 0 Å². The first-order valence-corrected chi connectivity index (χ1v) is 21.4. The Hall–Kier alpha value is -7.16.